The van der Waals surface area contributed by atoms with Gasteiger partial charge in [-0.3, -0.25) is 0 Å². The summed E-state index contributed by atoms with van der Waals surface area (Å²) < 4.78 is 12.4. The summed E-state index contributed by atoms with van der Waals surface area (Å²) in [5.74, 6) is 2.28. The van der Waals surface area contributed by atoms with E-state index in [-0.39, 0.29) is 0 Å². The molecule has 2 aromatic rings. The predicted molar refractivity (Wildman–Crippen MR) is 83.9 cm³/mol. The number of aryl methyl sites for hydroxylation is 2. The number of rotatable bonds is 6. The average Bonchev–Trinajstić information content (AvgIpc) is 2.79. The molecule has 0 aliphatic carbocycles. The van der Waals surface area contributed by atoms with E-state index in [1.54, 1.807) is 14.2 Å². The molecule has 6 heteroatoms. The van der Waals surface area contributed by atoms with E-state index in [1.165, 1.54) is 0 Å². The second-order valence-electron chi connectivity index (χ2n) is 4.71. The van der Waals surface area contributed by atoms with Crippen molar-refractivity contribution in [3.63, 3.8) is 0 Å². The van der Waals surface area contributed by atoms with E-state index in [9.17, 15) is 0 Å². The Bertz CT molecular complexity index is 622. The molecule has 0 amide bonds. The summed E-state index contributed by atoms with van der Waals surface area (Å²) in [5, 5.41) is 7.72. The lowest BCUT2D eigenvalue weighted by molar-refractivity contribution is 0.354. The van der Waals surface area contributed by atoms with Crippen molar-refractivity contribution in [1.82, 2.24) is 9.78 Å². The smallest absolute Gasteiger partial charge is 0.161 e. The molecular weight excluding hydrogens is 268 g/mol. The van der Waals surface area contributed by atoms with E-state index in [0.717, 1.165) is 29.4 Å². The van der Waals surface area contributed by atoms with E-state index >= 15 is 0 Å². The van der Waals surface area contributed by atoms with Gasteiger partial charge in [-0.15, -0.1) is 0 Å². The van der Waals surface area contributed by atoms with E-state index in [2.05, 4.69) is 10.4 Å². The zero-order chi connectivity index (χ0) is 15.4. The van der Waals surface area contributed by atoms with Crippen LogP contribution >= 0.6 is 0 Å². The van der Waals surface area contributed by atoms with Crippen molar-refractivity contribution in [3.05, 3.63) is 29.5 Å². The molecule has 0 atom stereocenters. The number of nitrogens with one attached hydrogen (secondary N) is 1. The summed E-state index contributed by atoms with van der Waals surface area (Å²) in [4.78, 5) is 0. The number of nitrogens with zero attached hydrogens (tertiary/aromatic N) is 2. The van der Waals surface area contributed by atoms with E-state index in [0.29, 0.717) is 18.0 Å². The van der Waals surface area contributed by atoms with Crippen LogP contribution in [0.3, 0.4) is 0 Å². The fourth-order valence-corrected chi connectivity index (χ4v) is 2.19. The molecule has 0 aliphatic heterocycles. The number of ether oxygens (including phenoxy) is 2. The molecule has 0 saturated heterocycles. The Kier molecular flexibility index (Phi) is 4.57. The summed E-state index contributed by atoms with van der Waals surface area (Å²) in [6, 6.07) is 5.83. The van der Waals surface area contributed by atoms with Crippen molar-refractivity contribution in [2.24, 2.45) is 0 Å². The minimum atomic E-state index is 0.635. The number of anilines is 2. The first-order valence-electron chi connectivity index (χ1n) is 6.88. The van der Waals surface area contributed by atoms with Gasteiger partial charge in [0.2, 0.25) is 0 Å². The molecular formula is C15H22N4O2. The molecule has 1 heterocycles. The van der Waals surface area contributed by atoms with Gasteiger partial charge in [0.15, 0.2) is 11.5 Å². The third-order valence-electron chi connectivity index (χ3n) is 3.38. The lowest BCUT2D eigenvalue weighted by Gasteiger charge is -2.12. The highest BCUT2D eigenvalue weighted by molar-refractivity contribution is 5.64. The standard InChI is InChI=1S/C15H22N4O2/c1-5-19-15(14(16)10(2)18-19)17-9-11-6-7-12(20-3)13(8-11)21-4/h6-8,17H,5,9,16H2,1-4H3. The molecule has 3 N–H and O–H groups in total. The van der Waals surface area contributed by atoms with Crippen molar-refractivity contribution < 1.29 is 9.47 Å². The first kappa shape index (κ1) is 15.0. The largest absolute Gasteiger partial charge is 0.493 e. The number of hydrogen-bond acceptors (Lipinski definition) is 5. The van der Waals surface area contributed by atoms with Crippen LogP contribution in [0.1, 0.15) is 18.2 Å². The first-order chi connectivity index (χ1) is 10.1. The third-order valence-corrected chi connectivity index (χ3v) is 3.38. The van der Waals surface area contributed by atoms with Crippen molar-refractivity contribution in [3.8, 4) is 11.5 Å². The number of aromatic nitrogens is 2. The second kappa shape index (κ2) is 6.39. The van der Waals surface area contributed by atoms with Gasteiger partial charge in [-0.05, 0) is 31.5 Å². The summed E-state index contributed by atoms with van der Waals surface area (Å²) in [6.45, 7) is 5.35. The molecule has 1 aromatic carbocycles. The van der Waals surface area contributed by atoms with Gasteiger partial charge in [0.05, 0.1) is 25.6 Å². The van der Waals surface area contributed by atoms with Gasteiger partial charge < -0.3 is 20.5 Å². The van der Waals surface area contributed by atoms with E-state index in [1.807, 2.05) is 36.7 Å². The van der Waals surface area contributed by atoms with Crippen LogP contribution in [0.4, 0.5) is 11.5 Å². The monoisotopic (exact) mass is 290 g/mol. The minimum Gasteiger partial charge on any atom is -0.493 e. The van der Waals surface area contributed by atoms with Gasteiger partial charge in [0.1, 0.15) is 5.82 Å². The van der Waals surface area contributed by atoms with Gasteiger partial charge in [0.25, 0.3) is 0 Å². The molecule has 114 valence electrons. The van der Waals surface area contributed by atoms with Crippen molar-refractivity contribution in [2.75, 3.05) is 25.3 Å². The SMILES string of the molecule is CCn1nc(C)c(N)c1NCc1ccc(OC)c(OC)c1. The van der Waals surface area contributed by atoms with E-state index in [4.69, 9.17) is 15.2 Å². The number of nitrogens with two attached hydrogens (primary N) is 1. The second-order valence-corrected chi connectivity index (χ2v) is 4.71. The van der Waals surface area contributed by atoms with Crippen LogP contribution in [0.15, 0.2) is 18.2 Å². The Hall–Kier alpha value is -2.37. The third kappa shape index (κ3) is 3.04. The van der Waals surface area contributed by atoms with Gasteiger partial charge in [-0.2, -0.15) is 5.10 Å². The predicted octanol–water partition coefficient (Wildman–Crippen LogP) is 2.42. The molecule has 6 nitrogen and oxygen atoms in total. The van der Waals surface area contributed by atoms with Crippen LogP contribution in [0.25, 0.3) is 0 Å². The van der Waals surface area contributed by atoms with Crippen molar-refractivity contribution >= 4 is 11.5 Å². The topological polar surface area (TPSA) is 74.3 Å². The summed E-state index contributed by atoms with van der Waals surface area (Å²) in [5.41, 5.74) is 8.66. The normalized spacial score (nSPS) is 10.5. The Balaban J connectivity index is 2.17. The van der Waals surface area contributed by atoms with Crippen LogP contribution in [0, 0.1) is 6.92 Å². The molecule has 0 aliphatic rings. The summed E-state index contributed by atoms with van der Waals surface area (Å²) in [7, 11) is 3.25. The zero-order valence-electron chi connectivity index (χ0n) is 12.9. The van der Waals surface area contributed by atoms with E-state index < -0.39 is 0 Å². The van der Waals surface area contributed by atoms with Gasteiger partial charge in [-0.1, -0.05) is 6.07 Å². The zero-order valence-corrected chi connectivity index (χ0v) is 12.9. The minimum absolute atomic E-state index is 0.635. The Morgan fingerprint density at radius 3 is 2.57 bits per heavy atom. The Morgan fingerprint density at radius 2 is 1.95 bits per heavy atom. The quantitative estimate of drug-likeness (QED) is 0.854. The Labute approximate surface area is 124 Å². The average molecular weight is 290 g/mol. The maximum Gasteiger partial charge on any atom is 0.161 e. The number of benzene rings is 1. The maximum atomic E-state index is 6.05. The summed E-state index contributed by atoms with van der Waals surface area (Å²) in [6.07, 6.45) is 0. The molecule has 21 heavy (non-hydrogen) atoms. The maximum absolute atomic E-state index is 6.05. The highest BCUT2D eigenvalue weighted by Crippen LogP contribution is 2.28. The number of nitrogen functional groups attached to an aromatic ring is 1. The molecule has 2 rings (SSSR count). The highest BCUT2D eigenvalue weighted by atomic mass is 16.5. The van der Waals surface area contributed by atoms with Crippen LogP contribution in [-0.2, 0) is 13.1 Å². The van der Waals surface area contributed by atoms with Gasteiger partial charge >= 0.3 is 0 Å². The molecule has 1 aromatic heterocycles. The van der Waals surface area contributed by atoms with Crippen LogP contribution < -0.4 is 20.5 Å². The fraction of sp³-hybridized carbons (Fsp3) is 0.400. The lowest BCUT2D eigenvalue weighted by Crippen LogP contribution is -2.08. The van der Waals surface area contributed by atoms with Gasteiger partial charge in [-0.25, -0.2) is 4.68 Å². The number of methoxy groups -OCH3 is 2. The molecule has 0 unspecified atom stereocenters. The number of hydrogen-bond donors (Lipinski definition) is 2. The van der Waals surface area contributed by atoms with Crippen LogP contribution in [0.5, 0.6) is 11.5 Å². The first-order valence-corrected chi connectivity index (χ1v) is 6.88. The highest BCUT2D eigenvalue weighted by Gasteiger charge is 2.11. The van der Waals surface area contributed by atoms with Gasteiger partial charge in [0, 0.05) is 13.1 Å². The van der Waals surface area contributed by atoms with Crippen LogP contribution in [0.2, 0.25) is 0 Å². The van der Waals surface area contributed by atoms with Crippen molar-refractivity contribution in [2.45, 2.75) is 26.9 Å². The molecule has 0 spiro atoms. The molecule has 0 saturated carbocycles. The lowest BCUT2D eigenvalue weighted by atomic mass is 10.2. The van der Waals surface area contributed by atoms with Crippen molar-refractivity contribution in [1.29, 1.82) is 0 Å². The molecule has 0 bridgehead atoms. The fourth-order valence-electron chi connectivity index (χ4n) is 2.19. The molecule has 0 radical (unpaired) electrons. The van der Waals surface area contributed by atoms with Crippen LogP contribution in [-0.4, -0.2) is 24.0 Å². The summed E-state index contributed by atoms with van der Waals surface area (Å²) >= 11 is 0. The molecule has 0 fully saturated rings. The Morgan fingerprint density at radius 1 is 1.24 bits per heavy atom.